The standard InChI is InChI=1S/C15H15ClN4O/c16-13-10-15(20-6-8-21-9-7-20)19-14(18-13)4-3-12-2-1-5-17-11-12/h1-5,10-11H,6-9H2/b4-3+. The highest BCUT2D eigenvalue weighted by atomic mass is 35.5. The summed E-state index contributed by atoms with van der Waals surface area (Å²) < 4.78 is 5.35. The van der Waals surface area contributed by atoms with Gasteiger partial charge in [-0.15, -0.1) is 0 Å². The molecule has 108 valence electrons. The Balaban J connectivity index is 1.82. The molecule has 6 heteroatoms. The van der Waals surface area contributed by atoms with Gasteiger partial charge in [0.05, 0.1) is 13.2 Å². The highest BCUT2D eigenvalue weighted by molar-refractivity contribution is 6.29. The second-order valence-corrected chi connectivity index (χ2v) is 5.01. The van der Waals surface area contributed by atoms with E-state index in [2.05, 4.69) is 19.9 Å². The molecule has 1 saturated heterocycles. The predicted octanol–water partition coefficient (Wildman–Crippen LogP) is 2.53. The molecule has 0 unspecified atom stereocenters. The summed E-state index contributed by atoms with van der Waals surface area (Å²) in [6, 6.07) is 5.64. The van der Waals surface area contributed by atoms with E-state index in [1.807, 2.05) is 24.3 Å². The minimum atomic E-state index is 0.442. The van der Waals surface area contributed by atoms with Gasteiger partial charge in [-0.1, -0.05) is 17.7 Å². The van der Waals surface area contributed by atoms with Crippen LogP contribution in [0.2, 0.25) is 5.15 Å². The number of ether oxygens (including phenoxy) is 1. The Hall–Kier alpha value is -1.98. The number of halogens is 1. The lowest BCUT2D eigenvalue weighted by Gasteiger charge is -2.27. The van der Waals surface area contributed by atoms with Gasteiger partial charge in [0.2, 0.25) is 0 Å². The lowest BCUT2D eigenvalue weighted by molar-refractivity contribution is 0.122. The Morgan fingerprint density at radius 1 is 1.19 bits per heavy atom. The monoisotopic (exact) mass is 302 g/mol. The van der Waals surface area contributed by atoms with Crippen LogP contribution in [0.4, 0.5) is 5.82 Å². The molecule has 0 N–H and O–H groups in total. The molecule has 1 aliphatic heterocycles. The third-order valence-electron chi connectivity index (χ3n) is 3.14. The van der Waals surface area contributed by atoms with Gasteiger partial charge < -0.3 is 9.64 Å². The number of aromatic nitrogens is 3. The first kappa shape index (κ1) is 14.0. The molecule has 0 bridgehead atoms. The minimum absolute atomic E-state index is 0.442. The van der Waals surface area contributed by atoms with Crippen molar-refractivity contribution < 1.29 is 4.74 Å². The van der Waals surface area contributed by atoms with Crippen molar-refractivity contribution in [2.75, 3.05) is 31.2 Å². The van der Waals surface area contributed by atoms with Gasteiger partial charge in [0, 0.05) is 31.5 Å². The van der Waals surface area contributed by atoms with E-state index in [9.17, 15) is 0 Å². The van der Waals surface area contributed by atoms with Crippen LogP contribution in [0.15, 0.2) is 30.6 Å². The molecule has 0 atom stereocenters. The summed E-state index contributed by atoms with van der Waals surface area (Å²) in [6.07, 6.45) is 7.28. The van der Waals surface area contributed by atoms with Crippen LogP contribution in [0.25, 0.3) is 12.2 Å². The number of anilines is 1. The SMILES string of the molecule is Clc1cc(N2CCOCC2)nc(/C=C/c2cccnc2)n1. The van der Waals surface area contributed by atoms with Crippen molar-refractivity contribution in [3.63, 3.8) is 0 Å². The molecule has 0 spiro atoms. The predicted molar refractivity (Wildman–Crippen MR) is 83.2 cm³/mol. The zero-order valence-electron chi connectivity index (χ0n) is 11.4. The second kappa shape index (κ2) is 6.65. The zero-order valence-corrected chi connectivity index (χ0v) is 12.2. The largest absolute Gasteiger partial charge is 0.378 e. The Kier molecular flexibility index (Phi) is 4.43. The van der Waals surface area contributed by atoms with Crippen LogP contribution in [0.3, 0.4) is 0 Å². The number of nitrogens with zero attached hydrogens (tertiary/aromatic N) is 4. The summed E-state index contributed by atoms with van der Waals surface area (Å²) in [7, 11) is 0. The van der Waals surface area contributed by atoms with Crippen LogP contribution in [0.1, 0.15) is 11.4 Å². The van der Waals surface area contributed by atoms with E-state index in [4.69, 9.17) is 16.3 Å². The first-order chi connectivity index (χ1) is 10.3. The van der Waals surface area contributed by atoms with E-state index in [0.29, 0.717) is 24.2 Å². The molecule has 2 aromatic rings. The summed E-state index contributed by atoms with van der Waals surface area (Å²) >= 11 is 6.10. The van der Waals surface area contributed by atoms with E-state index < -0.39 is 0 Å². The minimum Gasteiger partial charge on any atom is -0.378 e. The van der Waals surface area contributed by atoms with Crippen molar-refractivity contribution in [2.45, 2.75) is 0 Å². The lowest BCUT2D eigenvalue weighted by atomic mass is 10.2. The van der Waals surface area contributed by atoms with Crippen LogP contribution in [0.5, 0.6) is 0 Å². The summed E-state index contributed by atoms with van der Waals surface area (Å²) in [5, 5.41) is 0.442. The molecule has 21 heavy (non-hydrogen) atoms. The van der Waals surface area contributed by atoms with Gasteiger partial charge in [0.25, 0.3) is 0 Å². The smallest absolute Gasteiger partial charge is 0.156 e. The van der Waals surface area contributed by atoms with Crippen molar-refractivity contribution in [1.29, 1.82) is 0 Å². The van der Waals surface area contributed by atoms with Crippen LogP contribution in [-0.2, 0) is 4.74 Å². The van der Waals surface area contributed by atoms with Gasteiger partial charge in [-0.25, -0.2) is 9.97 Å². The third-order valence-corrected chi connectivity index (χ3v) is 3.34. The fourth-order valence-corrected chi connectivity index (χ4v) is 2.28. The van der Waals surface area contributed by atoms with Crippen molar-refractivity contribution in [2.24, 2.45) is 0 Å². The average molecular weight is 303 g/mol. The fraction of sp³-hybridized carbons (Fsp3) is 0.267. The van der Waals surface area contributed by atoms with E-state index in [1.54, 1.807) is 18.5 Å². The summed E-state index contributed by atoms with van der Waals surface area (Å²) in [5.41, 5.74) is 0.994. The Bertz CT molecular complexity index is 627. The second-order valence-electron chi connectivity index (χ2n) is 4.63. The maximum atomic E-state index is 6.10. The molecule has 0 amide bonds. The van der Waals surface area contributed by atoms with Crippen LogP contribution in [0, 0.1) is 0 Å². The normalized spacial score (nSPS) is 15.6. The quantitative estimate of drug-likeness (QED) is 0.816. The number of rotatable bonds is 3. The molecular formula is C15H15ClN4O. The van der Waals surface area contributed by atoms with Crippen LogP contribution < -0.4 is 4.90 Å². The van der Waals surface area contributed by atoms with Crippen molar-refractivity contribution >= 4 is 29.6 Å². The lowest BCUT2D eigenvalue weighted by Crippen LogP contribution is -2.36. The Labute approximate surface area is 128 Å². The molecule has 0 radical (unpaired) electrons. The highest BCUT2D eigenvalue weighted by Gasteiger charge is 2.13. The molecule has 3 heterocycles. The molecule has 5 nitrogen and oxygen atoms in total. The molecule has 1 aliphatic rings. The highest BCUT2D eigenvalue weighted by Crippen LogP contribution is 2.18. The van der Waals surface area contributed by atoms with E-state index in [0.717, 1.165) is 24.5 Å². The summed E-state index contributed by atoms with van der Waals surface area (Å²) in [6.45, 7) is 3.06. The molecule has 3 rings (SSSR count). The maximum absolute atomic E-state index is 6.10. The number of hydrogen-bond donors (Lipinski definition) is 0. The van der Waals surface area contributed by atoms with Gasteiger partial charge in [-0.3, -0.25) is 4.98 Å². The van der Waals surface area contributed by atoms with E-state index in [-0.39, 0.29) is 0 Å². The van der Waals surface area contributed by atoms with Crippen molar-refractivity contribution in [1.82, 2.24) is 15.0 Å². The van der Waals surface area contributed by atoms with Crippen LogP contribution >= 0.6 is 11.6 Å². The van der Waals surface area contributed by atoms with Gasteiger partial charge in [-0.05, 0) is 23.8 Å². The topological polar surface area (TPSA) is 51.1 Å². The van der Waals surface area contributed by atoms with Crippen molar-refractivity contribution in [3.8, 4) is 0 Å². The molecule has 2 aromatic heterocycles. The molecule has 1 fully saturated rings. The van der Waals surface area contributed by atoms with Gasteiger partial charge in [-0.2, -0.15) is 0 Å². The summed E-state index contributed by atoms with van der Waals surface area (Å²) in [4.78, 5) is 15.0. The molecule has 0 aromatic carbocycles. The van der Waals surface area contributed by atoms with Gasteiger partial charge in [0.15, 0.2) is 5.82 Å². The first-order valence-corrected chi connectivity index (χ1v) is 7.14. The zero-order chi connectivity index (χ0) is 14.5. The molecular weight excluding hydrogens is 288 g/mol. The fourth-order valence-electron chi connectivity index (χ4n) is 2.10. The Morgan fingerprint density at radius 3 is 2.81 bits per heavy atom. The maximum Gasteiger partial charge on any atom is 0.156 e. The van der Waals surface area contributed by atoms with Crippen molar-refractivity contribution in [3.05, 3.63) is 47.1 Å². The number of hydrogen-bond acceptors (Lipinski definition) is 5. The van der Waals surface area contributed by atoms with E-state index in [1.165, 1.54) is 0 Å². The van der Waals surface area contributed by atoms with Gasteiger partial charge in [0.1, 0.15) is 11.0 Å². The molecule has 0 aliphatic carbocycles. The first-order valence-electron chi connectivity index (χ1n) is 6.77. The Morgan fingerprint density at radius 2 is 2.05 bits per heavy atom. The summed E-state index contributed by atoms with van der Waals surface area (Å²) in [5.74, 6) is 1.43. The molecule has 0 saturated carbocycles. The van der Waals surface area contributed by atoms with E-state index >= 15 is 0 Å². The third kappa shape index (κ3) is 3.77. The number of pyridine rings is 1. The average Bonchev–Trinajstić information content (AvgIpc) is 2.54. The number of morpholine rings is 1. The van der Waals surface area contributed by atoms with Gasteiger partial charge >= 0.3 is 0 Å². The van der Waals surface area contributed by atoms with Crippen LogP contribution in [-0.4, -0.2) is 41.3 Å².